The van der Waals surface area contributed by atoms with Gasteiger partial charge in [0.15, 0.2) is 0 Å². The fourth-order valence-corrected chi connectivity index (χ4v) is 5.00. The second-order valence-corrected chi connectivity index (χ2v) is 8.45. The van der Waals surface area contributed by atoms with Crippen LogP contribution in [0.15, 0.2) is 30.3 Å². The Bertz CT molecular complexity index is 634. The summed E-state index contributed by atoms with van der Waals surface area (Å²) < 4.78 is 6.52. The van der Waals surface area contributed by atoms with E-state index < -0.39 is 5.54 Å². The molecule has 3 fully saturated rings. The Kier molecular flexibility index (Phi) is 4.80. The number of piperidine rings is 1. The van der Waals surface area contributed by atoms with Crippen molar-refractivity contribution in [2.45, 2.75) is 74.7 Å². The molecule has 0 bridgehead atoms. The van der Waals surface area contributed by atoms with E-state index in [0.717, 1.165) is 44.1 Å². The first-order valence-electron chi connectivity index (χ1n) is 9.99. The van der Waals surface area contributed by atoms with Crippen LogP contribution >= 0.6 is 0 Å². The minimum absolute atomic E-state index is 0.0714. The van der Waals surface area contributed by atoms with Gasteiger partial charge in [-0.3, -0.25) is 4.79 Å². The first kappa shape index (κ1) is 18.0. The number of carbonyl (C=O) groups is 1. The summed E-state index contributed by atoms with van der Waals surface area (Å²) >= 11 is 0. The highest BCUT2D eigenvalue weighted by atomic mass is 16.5. The smallest absolute Gasteiger partial charge is 0.242 e. The van der Waals surface area contributed by atoms with Crippen molar-refractivity contribution < 1.29 is 14.6 Å². The van der Waals surface area contributed by atoms with Crippen LogP contribution in [0, 0.1) is 0 Å². The number of ether oxygens (including phenoxy) is 1. The molecule has 3 aliphatic rings. The monoisotopic (exact) mass is 358 g/mol. The average Bonchev–Trinajstić information content (AvgIpc) is 3.10. The third kappa shape index (κ3) is 3.40. The topological polar surface area (TPSA) is 75.8 Å². The zero-order valence-corrected chi connectivity index (χ0v) is 15.4. The maximum atomic E-state index is 12.9. The molecule has 0 radical (unpaired) electrons. The third-order valence-electron chi connectivity index (χ3n) is 6.54. The molecule has 3 N–H and O–H groups in total. The summed E-state index contributed by atoms with van der Waals surface area (Å²) in [6.07, 6.45) is 6.13. The number of aliphatic hydroxyl groups excluding tert-OH is 1. The molecule has 1 saturated carbocycles. The fourth-order valence-electron chi connectivity index (χ4n) is 5.00. The van der Waals surface area contributed by atoms with E-state index in [4.69, 9.17) is 10.5 Å². The lowest BCUT2D eigenvalue weighted by molar-refractivity contribution is -0.186. The number of hydrogen-bond acceptors (Lipinski definition) is 4. The second kappa shape index (κ2) is 6.95. The average molecular weight is 358 g/mol. The fraction of sp³-hybridized carbons (Fsp3) is 0.667. The van der Waals surface area contributed by atoms with Crippen molar-refractivity contribution in [2.24, 2.45) is 5.73 Å². The Morgan fingerprint density at radius 3 is 2.42 bits per heavy atom. The molecule has 2 atom stereocenters. The number of hydrogen-bond donors (Lipinski definition) is 2. The molecule has 2 aliphatic heterocycles. The van der Waals surface area contributed by atoms with Crippen LogP contribution in [0.2, 0.25) is 0 Å². The molecule has 5 nitrogen and oxygen atoms in total. The number of benzene rings is 1. The molecule has 1 aromatic rings. The SMILES string of the molecule is NC1(C(=O)N2CCC3(CC2)C[C@H](O)C[C@H](c2ccccc2)O3)CCCC1. The Labute approximate surface area is 155 Å². The molecule has 0 unspecified atom stereocenters. The van der Waals surface area contributed by atoms with Crippen molar-refractivity contribution in [1.29, 1.82) is 0 Å². The lowest BCUT2D eigenvalue weighted by Gasteiger charge is -2.48. The molecule has 26 heavy (non-hydrogen) atoms. The maximum Gasteiger partial charge on any atom is 0.242 e. The molecule has 1 aromatic carbocycles. The van der Waals surface area contributed by atoms with Crippen molar-refractivity contribution >= 4 is 5.91 Å². The summed E-state index contributed by atoms with van der Waals surface area (Å²) in [5.74, 6) is 0.112. The lowest BCUT2D eigenvalue weighted by Crippen LogP contribution is -2.58. The highest BCUT2D eigenvalue weighted by molar-refractivity contribution is 5.86. The Hall–Kier alpha value is -1.43. The van der Waals surface area contributed by atoms with E-state index in [0.29, 0.717) is 25.9 Å². The summed E-state index contributed by atoms with van der Waals surface area (Å²) in [4.78, 5) is 14.8. The van der Waals surface area contributed by atoms with Gasteiger partial charge in [0.2, 0.25) is 5.91 Å². The largest absolute Gasteiger partial charge is 0.393 e. The Morgan fingerprint density at radius 2 is 1.77 bits per heavy atom. The van der Waals surface area contributed by atoms with E-state index in [9.17, 15) is 9.90 Å². The van der Waals surface area contributed by atoms with Gasteiger partial charge in [0, 0.05) is 25.9 Å². The van der Waals surface area contributed by atoms with E-state index in [1.165, 1.54) is 0 Å². The van der Waals surface area contributed by atoms with Crippen molar-refractivity contribution in [3.63, 3.8) is 0 Å². The zero-order chi connectivity index (χ0) is 18.2. The van der Waals surface area contributed by atoms with Crippen molar-refractivity contribution in [3.05, 3.63) is 35.9 Å². The molecule has 2 heterocycles. The Morgan fingerprint density at radius 1 is 1.12 bits per heavy atom. The summed E-state index contributed by atoms with van der Waals surface area (Å²) in [6.45, 7) is 1.35. The van der Waals surface area contributed by atoms with E-state index >= 15 is 0 Å². The normalized spacial score (nSPS) is 30.5. The minimum Gasteiger partial charge on any atom is -0.393 e. The molecular weight excluding hydrogens is 328 g/mol. The summed E-state index contributed by atoms with van der Waals surface area (Å²) in [5, 5.41) is 10.5. The van der Waals surface area contributed by atoms with Gasteiger partial charge in [-0.1, -0.05) is 43.2 Å². The van der Waals surface area contributed by atoms with Crippen molar-refractivity contribution in [1.82, 2.24) is 4.90 Å². The van der Waals surface area contributed by atoms with Gasteiger partial charge in [-0.25, -0.2) is 0 Å². The molecule has 1 spiro atoms. The van der Waals surface area contributed by atoms with Gasteiger partial charge in [0.25, 0.3) is 0 Å². The number of likely N-dealkylation sites (tertiary alicyclic amines) is 1. The third-order valence-corrected chi connectivity index (χ3v) is 6.54. The number of amides is 1. The van der Waals surface area contributed by atoms with Gasteiger partial charge in [0.05, 0.1) is 23.3 Å². The number of rotatable bonds is 2. The molecular formula is C21H30N2O3. The maximum absolute atomic E-state index is 12.9. The van der Waals surface area contributed by atoms with Gasteiger partial charge in [-0.15, -0.1) is 0 Å². The summed E-state index contributed by atoms with van der Waals surface area (Å²) in [6, 6.07) is 10.1. The highest BCUT2D eigenvalue weighted by Crippen LogP contribution is 2.43. The minimum atomic E-state index is -0.649. The summed E-state index contributed by atoms with van der Waals surface area (Å²) in [5.41, 5.74) is 6.51. The van der Waals surface area contributed by atoms with Crippen molar-refractivity contribution in [3.8, 4) is 0 Å². The predicted molar refractivity (Wildman–Crippen MR) is 99.4 cm³/mol. The first-order valence-corrected chi connectivity index (χ1v) is 9.99. The number of nitrogens with zero attached hydrogens (tertiary/aromatic N) is 1. The van der Waals surface area contributed by atoms with Crippen LogP contribution in [0.25, 0.3) is 0 Å². The zero-order valence-electron chi connectivity index (χ0n) is 15.4. The van der Waals surface area contributed by atoms with Crippen LogP contribution in [-0.4, -0.2) is 46.2 Å². The van der Waals surface area contributed by atoms with Crippen LogP contribution in [0.3, 0.4) is 0 Å². The molecule has 4 rings (SSSR count). The molecule has 142 valence electrons. The molecule has 0 aromatic heterocycles. The Balaban J connectivity index is 1.43. The molecule has 1 amide bonds. The van der Waals surface area contributed by atoms with Crippen LogP contribution in [0.1, 0.15) is 63.0 Å². The first-order chi connectivity index (χ1) is 12.5. The van der Waals surface area contributed by atoms with Gasteiger partial charge >= 0.3 is 0 Å². The van der Waals surface area contributed by atoms with E-state index in [1.807, 2.05) is 23.1 Å². The van der Waals surface area contributed by atoms with Gasteiger partial charge in [-0.2, -0.15) is 0 Å². The number of carbonyl (C=O) groups excluding carboxylic acids is 1. The second-order valence-electron chi connectivity index (χ2n) is 8.45. The summed E-state index contributed by atoms with van der Waals surface area (Å²) in [7, 11) is 0. The van der Waals surface area contributed by atoms with Crippen LogP contribution in [0.5, 0.6) is 0 Å². The quantitative estimate of drug-likeness (QED) is 0.852. The molecule has 1 aliphatic carbocycles. The number of nitrogens with two attached hydrogens (primary N) is 1. The predicted octanol–water partition coefficient (Wildman–Crippen LogP) is 2.53. The van der Waals surface area contributed by atoms with E-state index in [-0.39, 0.29) is 23.7 Å². The van der Waals surface area contributed by atoms with Gasteiger partial charge < -0.3 is 20.5 Å². The van der Waals surface area contributed by atoms with Crippen LogP contribution < -0.4 is 5.73 Å². The molecule has 5 heteroatoms. The van der Waals surface area contributed by atoms with Gasteiger partial charge in [-0.05, 0) is 31.2 Å². The molecule has 2 saturated heterocycles. The highest BCUT2D eigenvalue weighted by Gasteiger charge is 2.47. The van der Waals surface area contributed by atoms with Crippen molar-refractivity contribution in [2.75, 3.05) is 13.1 Å². The van der Waals surface area contributed by atoms with E-state index in [1.54, 1.807) is 0 Å². The van der Waals surface area contributed by atoms with E-state index in [2.05, 4.69) is 12.1 Å². The lowest BCUT2D eigenvalue weighted by atomic mass is 9.80. The van der Waals surface area contributed by atoms with Crippen LogP contribution in [-0.2, 0) is 9.53 Å². The van der Waals surface area contributed by atoms with Gasteiger partial charge in [0.1, 0.15) is 0 Å². The standard InChI is InChI=1S/C21H30N2O3/c22-21(8-4-5-9-21)19(25)23-12-10-20(11-13-23)15-17(24)14-18(26-20)16-6-2-1-3-7-16/h1-3,6-7,17-18,24H,4-5,8-15,22H2/t17-,18-/m1/s1. The van der Waals surface area contributed by atoms with Crippen LogP contribution in [0.4, 0.5) is 0 Å². The number of aliphatic hydroxyl groups is 1.